The van der Waals surface area contributed by atoms with Gasteiger partial charge in [0.1, 0.15) is 17.5 Å². The van der Waals surface area contributed by atoms with Crippen molar-refractivity contribution < 1.29 is 15.0 Å². The molecule has 1 aliphatic heterocycles. The summed E-state index contributed by atoms with van der Waals surface area (Å²) < 4.78 is 1.57. The van der Waals surface area contributed by atoms with Gasteiger partial charge in [0.05, 0.1) is 0 Å². The van der Waals surface area contributed by atoms with Gasteiger partial charge in [-0.25, -0.2) is 9.48 Å². The average Bonchev–Trinajstić information content (AvgIpc) is 3.06. The number of carboxylic acid groups (broad SMARTS) is 1. The molecule has 0 bridgehead atoms. The van der Waals surface area contributed by atoms with Crippen molar-refractivity contribution in [3.8, 4) is 17.1 Å². The van der Waals surface area contributed by atoms with Gasteiger partial charge in [0.2, 0.25) is 5.95 Å². The third-order valence-corrected chi connectivity index (χ3v) is 3.98. The molecule has 7 nitrogen and oxygen atoms in total. The highest BCUT2D eigenvalue weighted by Gasteiger charge is 2.28. The highest BCUT2D eigenvalue weighted by Crippen LogP contribution is 2.34. The Labute approximate surface area is 142 Å². The molecule has 7 heteroatoms. The van der Waals surface area contributed by atoms with Gasteiger partial charge in [0.25, 0.3) is 0 Å². The number of carbonyl (C=O) groups is 1. The number of hydrogen-bond donors (Lipinski definition) is 3. The zero-order valence-electron chi connectivity index (χ0n) is 13.0. The molecule has 2 aromatic carbocycles. The summed E-state index contributed by atoms with van der Waals surface area (Å²) in [6.45, 7) is 0. The van der Waals surface area contributed by atoms with Crippen LogP contribution in [0.25, 0.3) is 11.4 Å². The Kier molecular flexibility index (Phi) is 3.46. The standard InChI is InChI=1S/C18H14N4O3/c23-15-9-5-4-8-12(15)14-10-13(17(24)25)19-18-20-16(21-22(14)18)11-6-2-1-3-7-11/h1-10,14,23H,(H,24,25)(H,19,20,21)/t14-/m0/s1. The molecular formula is C18H14N4O3. The average molecular weight is 334 g/mol. The molecule has 124 valence electrons. The number of hydrogen-bond acceptors (Lipinski definition) is 5. The summed E-state index contributed by atoms with van der Waals surface area (Å²) in [6.07, 6.45) is 1.51. The van der Waals surface area contributed by atoms with E-state index in [0.29, 0.717) is 17.3 Å². The maximum absolute atomic E-state index is 11.5. The highest BCUT2D eigenvalue weighted by molar-refractivity contribution is 5.90. The Morgan fingerprint density at radius 3 is 2.52 bits per heavy atom. The van der Waals surface area contributed by atoms with Crippen LogP contribution in [0.2, 0.25) is 0 Å². The van der Waals surface area contributed by atoms with E-state index in [4.69, 9.17) is 0 Å². The van der Waals surface area contributed by atoms with Crippen molar-refractivity contribution in [3.63, 3.8) is 0 Å². The number of anilines is 1. The Bertz CT molecular complexity index is 979. The first-order chi connectivity index (χ1) is 12.1. The minimum Gasteiger partial charge on any atom is -0.508 e. The molecule has 1 aromatic heterocycles. The van der Waals surface area contributed by atoms with E-state index in [9.17, 15) is 15.0 Å². The molecule has 3 N–H and O–H groups in total. The molecule has 0 unspecified atom stereocenters. The number of aromatic nitrogens is 3. The van der Waals surface area contributed by atoms with Crippen LogP contribution in [0, 0.1) is 0 Å². The Hall–Kier alpha value is -3.61. The van der Waals surface area contributed by atoms with Crippen molar-refractivity contribution in [2.24, 2.45) is 0 Å². The predicted octanol–water partition coefficient (Wildman–Crippen LogP) is 2.63. The van der Waals surface area contributed by atoms with Gasteiger partial charge >= 0.3 is 5.97 Å². The van der Waals surface area contributed by atoms with Crippen molar-refractivity contribution in [2.75, 3.05) is 5.32 Å². The number of aromatic hydroxyl groups is 1. The summed E-state index contributed by atoms with van der Waals surface area (Å²) in [5.41, 5.74) is 1.36. The SMILES string of the molecule is O=C(O)C1=C[C@@H](c2ccccc2O)n2nc(-c3ccccc3)nc2N1. The van der Waals surface area contributed by atoms with E-state index in [1.54, 1.807) is 28.9 Å². The van der Waals surface area contributed by atoms with E-state index >= 15 is 0 Å². The number of allylic oxidation sites excluding steroid dienone is 1. The number of para-hydroxylation sites is 1. The second-order valence-electron chi connectivity index (χ2n) is 5.58. The molecule has 0 aliphatic carbocycles. The molecule has 0 saturated heterocycles. The molecule has 4 rings (SSSR count). The normalized spacial score (nSPS) is 15.8. The summed E-state index contributed by atoms with van der Waals surface area (Å²) in [7, 11) is 0. The number of aliphatic carboxylic acids is 1. The van der Waals surface area contributed by atoms with Crippen LogP contribution in [0.4, 0.5) is 5.95 Å². The minimum atomic E-state index is -1.10. The van der Waals surface area contributed by atoms with Gasteiger partial charge < -0.3 is 15.5 Å². The van der Waals surface area contributed by atoms with Gasteiger partial charge in [-0.1, -0.05) is 48.5 Å². The number of carboxylic acids is 1. The number of phenols is 1. The van der Waals surface area contributed by atoms with Crippen LogP contribution in [0.1, 0.15) is 11.6 Å². The summed E-state index contributed by atoms with van der Waals surface area (Å²) in [5, 5.41) is 26.8. The Morgan fingerprint density at radius 1 is 1.08 bits per heavy atom. The smallest absolute Gasteiger partial charge is 0.352 e. The second-order valence-corrected chi connectivity index (χ2v) is 5.58. The molecule has 1 atom stereocenters. The maximum Gasteiger partial charge on any atom is 0.352 e. The number of rotatable bonds is 3. The van der Waals surface area contributed by atoms with Gasteiger partial charge in [-0.3, -0.25) is 0 Å². The largest absolute Gasteiger partial charge is 0.508 e. The van der Waals surface area contributed by atoms with Crippen LogP contribution in [0.15, 0.2) is 66.4 Å². The molecule has 25 heavy (non-hydrogen) atoms. The van der Waals surface area contributed by atoms with Gasteiger partial charge in [0.15, 0.2) is 5.82 Å². The Morgan fingerprint density at radius 2 is 1.80 bits per heavy atom. The fourth-order valence-electron chi connectivity index (χ4n) is 2.79. The van der Waals surface area contributed by atoms with E-state index in [0.717, 1.165) is 5.56 Å². The lowest BCUT2D eigenvalue weighted by Gasteiger charge is -2.22. The van der Waals surface area contributed by atoms with Crippen molar-refractivity contribution in [3.05, 3.63) is 71.9 Å². The topological polar surface area (TPSA) is 100 Å². The van der Waals surface area contributed by atoms with E-state index in [1.165, 1.54) is 6.08 Å². The molecule has 0 fully saturated rings. The summed E-state index contributed by atoms with van der Waals surface area (Å²) in [4.78, 5) is 15.9. The fraction of sp³-hybridized carbons (Fsp3) is 0.0556. The first-order valence-electron chi connectivity index (χ1n) is 7.65. The van der Waals surface area contributed by atoms with E-state index < -0.39 is 12.0 Å². The molecule has 1 aliphatic rings. The zero-order valence-corrected chi connectivity index (χ0v) is 13.0. The monoisotopic (exact) mass is 334 g/mol. The molecule has 0 amide bonds. The molecular weight excluding hydrogens is 320 g/mol. The van der Waals surface area contributed by atoms with Gasteiger partial charge in [-0.05, 0) is 12.1 Å². The van der Waals surface area contributed by atoms with E-state index in [1.807, 2.05) is 30.3 Å². The predicted molar refractivity (Wildman–Crippen MR) is 91.0 cm³/mol. The third-order valence-electron chi connectivity index (χ3n) is 3.98. The summed E-state index contributed by atoms with van der Waals surface area (Å²) in [5.74, 6) is -0.246. The van der Waals surface area contributed by atoms with E-state index in [2.05, 4.69) is 15.4 Å². The first kappa shape index (κ1) is 14.9. The lowest BCUT2D eigenvalue weighted by molar-refractivity contribution is -0.132. The van der Waals surface area contributed by atoms with Gasteiger partial charge in [-0.15, -0.1) is 5.10 Å². The van der Waals surface area contributed by atoms with Crippen molar-refractivity contribution in [1.82, 2.24) is 14.8 Å². The summed E-state index contributed by atoms with van der Waals surface area (Å²) >= 11 is 0. The van der Waals surface area contributed by atoms with Crippen LogP contribution >= 0.6 is 0 Å². The lowest BCUT2D eigenvalue weighted by Crippen LogP contribution is -2.24. The zero-order chi connectivity index (χ0) is 17.4. The highest BCUT2D eigenvalue weighted by atomic mass is 16.4. The van der Waals surface area contributed by atoms with Crippen LogP contribution in [-0.4, -0.2) is 30.9 Å². The lowest BCUT2D eigenvalue weighted by atomic mass is 10.0. The van der Waals surface area contributed by atoms with Crippen molar-refractivity contribution in [1.29, 1.82) is 0 Å². The van der Waals surface area contributed by atoms with E-state index in [-0.39, 0.29) is 11.4 Å². The first-order valence-corrected chi connectivity index (χ1v) is 7.65. The molecule has 0 saturated carbocycles. The van der Waals surface area contributed by atoms with Gasteiger partial charge in [0, 0.05) is 11.1 Å². The van der Waals surface area contributed by atoms with Crippen molar-refractivity contribution in [2.45, 2.75) is 6.04 Å². The quantitative estimate of drug-likeness (QED) is 0.681. The second kappa shape index (κ2) is 5.79. The van der Waals surface area contributed by atoms with Crippen molar-refractivity contribution >= 4 is 11.9 Å². The number of nitrogens with zero attached hydrogens (tertiary/aromatic N) is 3. The fourth-order valence-corrected chi connectivity index (χ4v) is 2.79. The molecule has 0 radical (unpaired) electrons. The number of fused-ring (bicyclic) bond motifs is 1. The Balaban J connectivity index is 1.86. The van der Waals surface area contributed by atoms with Gasteiger partial charge in [-0.2, -0.15) is 4.98 Å². The third kappa shape index (κ3) is 2.61. The number of nitrogens with one attached hydrogen (secondary N) is 1. The minimum absolute atomic E-state index is 0.00670. The van der Waals surface area contributed by atoms with Crippen LogP contribution in [0.3, 0.4) is 0 Å². The number of phenolic OH excluding ortho intramolecular Hbond substituents is 1. The van der Waals surface area contributed by atoms with Crippen LogP contribution in [0.5, 0.6) is 5.75 Å². The maximum atomic E-state index is 11.5. The molecule has 2 heterocycles. The van der Waals surface area contributed by atoms with Crippen LogP contribution in [-0.2, 0) is 4.79 Å². The molecule has 3 aromatic rings. The molecule has 0 spiro atoms. The van der Waals surface area contributed by atoms with Crippen LogP contribution < -0.4 is 5.32 Å². The summed E-state index contributed by atoms with van der Waals surface area (Å²) in [6, 6.07) is 15.6. The number of benzene rings is 2.